The number of ether oxygens (including phenoxy) is 1. The van der Waals surface area contributed by atoms with Gasteiger partial charge in [0.1, 0.15) is 10.6 Å². The molecule has 0 saturated heterocycles. The summed E-state index contributed by atoms with van der Waals surface area (Å²) in [5, 5.41) is 2.68. The lowest BCUT2D eigenvalue weighted by Crippen LogP contribution is -2.35. The highest BCUT2D eigenvalue weighted by molar-refractivity contribution is 7.89. The predicted octanol–water partition coefficient (Wildman–Crippen LogP) is 2.60. The number of nitrogens with two attached hydrogens (primary N) is 1. The van der Waals surface area contributed by atoms with Gasteiger partial charge >= 0.3 is 0 Å². The van der Waals surface area contributed by atoms with Crippen LogP contribution in [0.3, 0.4) is 0 Å². The number of amides is 1. The summed E-state index contributed by atoms with van der Waals surface area (Å²) in [5.41, 5.74) is 6.19. The van der Waals surface area contributed by atoms with Gasteiger partial charge in [-0.2, -0.15) is 4.31 Å². The Morgan fingerprint density at radius 1 is 1.23 bits per heavy atom. The molecule has 0 saturated carbocycles. The number of hydrogen-bond acceptors (Lipinski definition) is 5. The van der Waals surface area contributed by atoms with Crippen LogP contribution < -0.4 is 15.8 Å². The van der Waals surface area contributed by atoms with E-state index in [9.17, 15) is 13.2 Å². The fraction of sp³-hybridized carbons (Fsp3) is 0.588. The molecule has 1 unspecified atom stereocenters. The summed E-state index contributed by atoms with van der Waals surface area (Å²) in [5.74, 6) is -0.0672. The Morgan fingerprint density at radius 3 is 2.35 bits per heavy atom. The highest BCUT2D eigenvalue weighted by Gasteiger charge is 2.26. The van der Waals surface area contributed by atoms with Gasteiger partial charge in [-0.3, -0.25) is 4.79 Å². The lowest BCUT2D eigenvalue weighted by molar-refractivity contribution is -0.117. The Hall–Kier alpha value is -1.35. The molecule has 0 fully saturated rings. The van der Waals surface area contributed by atoms with Crippen LogP contribution in [0.2, 0.25) is 0 Å². The smallest absolute Gasteiger partial charge is 0.246 e. The molecule has 1 atom stereocenters. The van der Waals surface area contributed by atoms with Crippen LogP contribution in [-0.2, 0) is 14.8 Å². The van der Waals surface area contributed by atoms with E-state index >= 15 is 0 Å². The third-order valence-electron chi connectivity index (χ3n) is 3.77. The molecule has 0 radical (unpaired) electrons. The third-order valence-corrected chi connectivity index (χ3v) is 5.84. The number of nitrogens with one attached hydrogen (secondary N) is 1. The number of nitrogens with zero attached hydrogens (tertiary/aromatic N) is 1. The van der Waals surface area contributed by atoms with Gasteiger partial charge in [0.25, 0.3) is 0 Å². The first-order chi connectivity index (χ1) is 11.8. The van der Waals surface area contributed by atoms with E-state index in [1.54, 1.807) is 32.9 Å². The molecule has 26 heavy (non-hydrogen) atoms. The minimum atomic E-state index is -3.72. The zero-order valence-corrected chi connectivity index (χ0v) is 17.5. The molecule has 3 N–H and O–H groups in total. The molecule has 0 aliphatic carbocycles. The molecule has 0 aromatic heterocycles. The molecule has 7 nitrogen and oxygen atoms in total. The minimum absolute atomic E-state index is 0. The Labute approximate surface area is 162 Å². The van der Waals surface area contributed by atoms with Crippen molar-refractivity contribution < 1.29 is 17.9 Å². The van der Waals surface area contributed by atoms with Gasteiger partial charge in [-0.05, 0) is 31.5 Å². The number of halogens is 1. The lowest BCUT2D eigenvalue weighted by atomic mass is 10.1. The van der Waals surface area contributed by atoms with Gasteiger partial charge in [-0.1, -0.05) is 27.2 Å². The summed E-state index contributed by atoms with van der Waals surface area (Å²) in [6, 6.07) is 3.97. The second-order valence-corrected chi connectivity index (χ2v) is 7.47. The molecule has 0 spiro atoms. The molecule has 9 heteroatoms. The number of rotatable bonds is 10. The molecule has 150 valence electrons. The molecule has 0 aliphatic rings. The van der Waals surface area contributed by atoms with Crippen LogP contribution in [-0.4, -0.2) is 44.4 Å². The van der Waals surface area contributed by atoms with E-state index in [1.807, 2.05) is 6.92 Å². The second kappa shape index (κ2) is 11.4. The Kier molecular flexibility index (Phi) is 10.8. The van der Waals surface area contributed by atoms with E-state index in [2.05, 4.69) is 5.32 Å². The number of sulfonamides is 1. The quantitative estimate of drug-likeness (QED) is 0.620. The van der Waals surface area contributed by atoms with Gasteiger partial charge in [0.2, 0.25) is 15.9 Å². The highest BCUT2D eigenvalue weighted by Crippen LogP contribution is 2.30. The second-order valence-electron chi connectivity index (χ2n) is 5.57. The first-order valence-electron chi connectivity index (χ1n) is 8.65. The van der Waals surface area contributed by atoms with Crippen LogP contribution in [0.5, 0.6) is 5.75 Å². The molecule has 1 amide bonds. The fourth-order valence-corrected chi connectivity index (χ4v) is 4.06. The van der Waals surface area contributed by atoms with Gasteiger partial charge in [0.15, 0.2) is 0 Å². The maximum atomic E-state index is 12.9. The van der Waals surface area contributed by atoms with Crippen LogP contribution in [0.1, 0.15) is 40.5 Å². The molecular weight excluding hydrogens is 378 g/mol. The van der Waals surface area contributed by atoms with Gasteiger partial charge in [0, 0.05) is 18.8 Å². The average molecular weight is 408 g/mol. The summed E-state index contributed by atoms with van der Waals surface area (Å²) in [7, 11) is -3.72. The van der Waals surface area contributed by atoms with E-state index in [-0.39, 0.29) is 29.0 Å². The minimum Gasteiger partial charge on any atom is -0.492 e. The monoisotopic (exact) mass is 407 g/mol. The summed E-state index contributed by atoms with van der Waals surface area (Å²) >= 11 is 0. The van der Waals surface area contributed by atoms with Crippen molar-refractivity contribution in [2.75, 3.05) is 25.0 Å². The van der Waals surface area contributed by atoms with Crippen LogP contribution in [0.4, 0.5) is 5.69 Å². The summed E-state index contributed by atoms with van der Waals surface area (Å²) in [6.45, 7) is 8.32. The maximum absolute atomic E-state index is 12.9. The summed E-state index contributed by atoms with van der Waals surface area (Å²) < 4.78 is 32.6. The highest BCUT2D eigenvalue weighted by atomic mass is 35.5. The molecule has 1 rings (SSSR count). The van der Waals surface area contributed by atoms with Crippen molar-refractivity contribution in [1.29, 1.82) is 0 Å². The molecule has 0 bridgehead atoms. The largest absolute Gasteiger partial charge is 0.492 e. The molecule has 1 aromatic carbocycles. The number of carbonyl (C=O) groups is 1. The first kappa shape index (κ1) is 24.7. The fourth-order valence-electron chi connectivity index (χ4n) is 2.44. The van der Waals surface area contributed by atoms with Crippen LogP contribution >= 0.6 is 12.4 Å². The predicted molar refractivity (Wildman–Crippen MR) is 106 cm³/mol. The Bertz CT molecular complexity index is 679. The third kappa shape index (κ3) is 6.12. The topological polar surface area (TPSA) is 102 Å². The van der Waals surface area contributed by atoms with Crippen LogP contribution in [0, 0.1) is 0 Å². The summed E-state index contributed by atoms with van der Waals surface area (Å²) in [6.07, 6.45) is 1.35. The maximum Gasteiger partial charge on any atom is 0.246 e. The number of benzene rings is 1. The number of hydrogen-bond donors (Lipinski definition) is 2. The van der Waals surface area contributed by atoms with E-state index in [0.717, 1.165) is 6.42 Å². The molecular formula is C17H30ClN3O4S. The van der Waals surface area contributed by atoms with Crippen molar-refractivity contribution in [3.05, 3.63) is 18.2 Å². The van der Waals surface area contributed by atoms with Gasteiger partial charge in [-0.25, -0.2) is 8.42 Å². The Balaban J connectivity index is 0.00000625. The van der Waals surface area contributed by atoms with E-state index in [0.29, 0.717) is 31.8 Å². The van der Waals surface area contributed by atoms with E-state index in [1.165, 1.54) is 10.4 Å². The summed E-state index contributed by atoms with van der Waals surface area (Å²) in [4.78, 5) is 12.1. The zero-order valence-electron chi connectivity index (χ0n) is 15.8. The van der Waals surface area contributed by atoms with Crippen molar-refractivity contribution in [2.45, 2.75) is 51.5 Å². The van der Waals surface area contributed by atoms with E-state index < -0.39 is 16.1 Å². The normalized spacial score (nSPS) is 12.4. The zero-order chi connectivity index (χ0) is 19.0. The molecule has 0 heterocycles. The standard InChI is InChI=1S/C17H29N3O4S.ClH/c1-5-9-14(18)17(21)19-13-10-11-15(24-8-4)16(12-13)25(22,23)20(6-2)7-3;/h10-12,14H,5-9,18H2,1-4H3,(H,19,21);1H. The SMILES string of the molecule is CCCC(N)C(=O)Nc1ccc(OCC)c(S(=O)(=O)N(CC)CC)c1.Cl. The lowest BCUT2D eigenvalue weighted by Gasteiger charge is -2.21. The molecule has 0 aliphatic heterocycles. The van der Waals surface area contributed by atoms with Crippen molar-refractivity contribution in [3.63, 3.8) is 0 Å². The first-order valence-corrected chi connectivity index (χ1v) is 10.1. The molecule has 1 aromatic rings. The van der Waals surface area contributed by atoms with Gasteiger partial charge in [0.05, 0.1) is 12.6 Å². The average Bonchev–Trinajstić information content (AvgIpc) is 2.57. The Morgan fingerprint density at radius 2 is 1.85 bits per heavy atom. The van der Waals surface area contributed by atoms with Gasteiger partial charge < -0.3 is 15.8 Å². The van der Waals surface area contributed by atoms with Crippen molar-refractivity contribution in [3.8, 4) is 5.75 Å². The van der Waals surface area contributed by atoms with E-state index in [4.69, 9.17) is 10.5 Å². The number of carbonyl (C=O) groups excluding carboxylic acids is 1. The number of anilines is 1. The van der Waals surface area contributed by atoms with Gasteiger partial charge in [-0.15, -0.1) is 12.4 Å². The van der Waals surface area contributed by atoms with Crippen LogP contribution in [0.25, 0.3) is 0 Å². The van der Waals surface area contributed by atoms with Crippen molar-refractivity contribution in [1.82, 2.24) is 4.31 Å². The van der Waals surface area contributed by atoms with Crippen LogP contribution in [0.15, 0.2) is 23.1 Å². The van der Waals surface area contributed by atoms with Crippen molar-refractivity contribution in [2.24, 2.45) is 5.73 Å². The van der Waals surface area contributed by atoms with Crippen molar-refractivity contribution >= 4 is 34.0 Å².